The van der Waals surface area contributed by atoms with Gasteiger partial charge in [-0.15, -0.1) is 0 Å². The molecule has 6 nitrogen and oxygen atoms in total. The first-order chi connectivity index (χ1) is 9.63. The molecular formula is C14H20N4O2. The van der Waals surface area contributed by atoms with Crippen LogP contribution in [0.1, 0.15) is 44.3 Å². The van der Waals surface area contributed by atoms with E-state index in [1.807, 2.05) is 11.8 Å². The molecule has 2 aliphatic rings. The van der Waals surface area contributed by atoms with E-state index in [0.29, 0.717) is 11.7 Å². The quantitative estimate of drug-likeness (QED) is 0.862. The molecule has 2 heterocycles. The Morgan fingerprint density at radius 2 is 2.15 bits per heavy atom. The fourth-order valence-corrected chi connectivity index (χ4v) is 2.60. The van der Waals surface area contributed by atoms with E-state index in [1.54, 1.807) is 0 Å². The molecule has 1 amide bonds. The van der Waals surface area contributed by atoms with Crippen molar-refractivity contribution in [3.63, 3.8) is 0 Å². The maximum Gasteiger partial charge on any atom is 0.252 e. The van der Waals surface area contributed by atoms with Crippen LogP contribution in [0.3, 0.4) is 0 Å². The van der Waals surface area contributed by atoms with Gasteiger partial charge in [0.05, 0.1) is 0 Å². The van der Waals surface area contributed by atoms with Crippen LogP contribution >= 0.6 is 0 Å². The van der Waals surface area contributed by atoms with Crippen molar-refractivity contribution in [1.29, 1.82) is 0 Å². The molecule has 1 aliphatic carbocycles. The van der Waals surface area contributed by atoms with Gasteiger partial charge in [-0.25, -0.2) is 4.98 Å². The molecule has 2 fully saturated rings. The highest BCUT2D eigenvalue weighted by Gasteiger charge is 2.27. The van der Waals surface area contributed by atoms with Crippen molar-refractivity contribution in [2.24, 2.45) is 0 Å². The van der Waals surface area contributed by atoms with Crippen molar-refractivity contribution in [3.05, 3.63) is 22.2 Å². The standard InChI is InChI=1S/C14H20N4O2/c1-9(14(20)18-6-2-3-7-18)15-11-8-12(19)17-13(16-11)10-4-5-10/h8-10H,2-7H2,1H3,(H2,15,16,17,19). The smallest absolute Gasteiger partial charge is 0.252 e. The van der Waals surface area contributed by atoms with Crippen molar-refractivity contribution in [3.8, 4) is 0 Å². The van der Waals surface area contributed by atoms with Crippen LogP contribution in [0, 0.1) is 0 Å². The SMILES string of the molecule is CC(Nc1cc(=O)[nH]c(C2CC2)n1)C(=O)N1CCCC1. The van der Waals surface area contributed by atoms with Gasteiger partial charge in [-0.3, -0.25) is 9.59 Å². The number of anilines is 1. The van der Waals surface area contributed by atoms with E-state index in [0.717, 1.165) is 44.6 Å². The Kier molecular flexibility index (Phi) is 3.46. The average molecular weight is 276 g/mol. The van der Waals surface area contributed by atoms with Crippen molar-refractivity contribution >= 4 is 11.7 Å². The number of aromatic nitrogens is 2. The van der Waals surface area contributed by atoms with Crippen molar-refractivity contribution < 1.29 is 4.79 Å². The van der Waals surface area contributed by atoms with Gasteiger partial charge in [-0.1, -0.05) is 0 Å². The molecule has 1 aromatic rings. The normalized spacial score (nSPS) is 19.9. The first-order valence-corrected chi connectivity index (χ1v) is 7.30. The number of carbonyl (C=O) groups excluding carboxylic acids is 1. The van der Waals surface area contributed by atoms with Crippen LogP contribution in [-0.4, -0.2) is 39.9 Å². The summed E-state index contributed by atoms with van der Waals surface area (Å²) in [5, 5.41) is 3.06. The maximum absolute atomic E-state index is 12.2. The number of carbonyl (C=O) groups is 1. The monoisotopic (exact) mass is 276 g/mol. The fourth-order valence-electron chi connectivity index (χ4n) is 2.60. The summed E-state index contributed by atoms with van der Waals surface area (Å²) in [4.78, 5) is 32.9. The van der Waals surface area contributed by atoms with Crippen LogP contribution in [0.15, 0.2) is 10.9 Å². The lowest BCUT2D eigenvalue weighted by Crippen LogP contribution is -2.40. The van der Waals surface area contributed by atoms with E-state index in [9.17, 15) is 9.59 Å². The van der Waals surface area contributed by atoms with Gasteiger partial charge in [0.1, 0.15) is 17.7 Å². The summed E-state index contributed by atoms with van der Waals surface area (Å²) >= 11 is 0. The highest BCUT2D eigenvalue weighted by atomic mass is 16.2. The second kappa shape index (κ2) is 5.26. The van der Waals surface area contributed by atoms with Crippen molar-refractivity contribution in [2.75, 3.05) is 18.4 Å². The summed E-state index contributed by atoms with van der Waals surface area (Å²) in [6, 6.07) is 1.06. The Morgan fingerprint density at radius 3 is 2.80 bits per heavy atom. The molecule has 1 aliphatic heterocycles. The van der Waals surface area contributed by atoms with E-state index < -0.39 is 0 Å². The molecule has 1 atom stereocenters. The number of aromatic amines is 1. The number of H-pyrrole nitrogens is 1. The van der Waals surface area contributed by atoms with E-state index in [4.69, 9.17) is 0 Å². The summed E-state index contributed by atoms with van der Waals surface area (Å²) < 4.78 is 0. The minimum atomic E-state index is -0.352. The number of amides is 1. The third-order valence-electron chi connectivity index (χ3n) is 3.88. The molecule has 0 radical (unpaired) electrons. The molecule has 0 bridgehead atoms. The summed E-state index contributed by atoms with van der Waals surface area (Å²) in [7, 11) is 0. The van der Waals surface area contributed by atoms with Crippen LogP contribution in [0.4, 0.5) is 5.82 Å². The molecule has 1 saturated carbocycles. The zero-order valence-electron chi connectivity index (χ0n) is 11.7. The second-order valence-electron chi connectivity index (χ2n) is 5.69. The highest BCUT2D eigenvalue weighted by Crippen LogP contribution is 2.37. The van der Waals surface area contributed by atoms with Crippen LogP contribution in [0.2, 0.25) is 0 Å². The van der Waals surface area contributed by atoms with Gasteiger partial charge in [0.15, 0.2) is 0 Å². The van der Waals surface area contributed by atoms with Gasteiger partial charge in [0, 0.05) is 25.1 Å². The zero-order valence-corrected chi connectivity index (χ0v) is 11.7. The van der Waals surface area contributed by atoms with Crippen LogP contribution in [0.25, 0.3) is 0 Å². The third-order valence-corrected chi connectivity index (χ3v) is 3.88. The Bertz CT molecular complexity index is 559. The van der Waals surface area contributed by atoms with Gasteiger partial charge in [0.2, 0.25) is 5.91 Å². The molecule has 2 N–H and O–H groups in total. The van der Waals surface area contributed by atoms with E-state index in [2.05, 4.69) is 15.3 Å². The second-order valence-corrected chi connectivity index (χ2v) is 5.69. The molecule has 1 aromatic heterocycles. The predicted molar refractivity (Wildman–Crippen MR) is 75.7 cm³/mol. The molecule has 108 valence electrons. The Balaban J connectivity index is 1.70. The minimum Gasteiger partial charge on any atom is -0.358 e. The number of nitrogens with zero attached hydrogens (tertiary/aromatic N) is 2. The van der Waals surface area contributed by atoms with E-state index in [1.165, 1.54) is 6.07 Å². The number of rotatable bonds is 4. The Morgan fingerprint density at radius 1 is 1.45 bits per heavy atom. The predicted octanol–water partition coefficient (Wildman–Crippen LogP) is 1.07. The van der Waals surface area contributed by atoms with Gasteiger partial charge >= 0.3 is 0 Å². The molecular weight excluding hydrogens is 256 g/mol. The highest BCUT2D eigenvalue weighted by molar-refractivity contribution is 5.84. The lowest BCUT2D eigenvalue weighted by Gasteiger charge is -2.21. The lowest BCUT2D eigenvalue weighted by atomic mass is 10.3. The number of likely N-dealkylation sites (tertiary alicyclic amines) is 1. The lowest BCUT2D eigenvalue weighted by molar-refractivity contribution is -0.130. The van der Waals surface area contributed by atoms with Gasteiger partial charge < -0.3 is 15.2 Å². The average Bonchev–Trinajstić information content (AvgIpc) is 3.13. The van der Waals surface area contributed by atoms with Gasteiger partial charge in [0.25, 0.3) is 5.56 Å². The largest absolute Gasteiger partial charge is 0.358 e. The number of hydrogen-bond donors (Lipinski definition) is 2. The molecule has 1 saturated heterocycles. The van der Waals surface area contributed by atoms with Gasteiger partial charge in [-0.05, 0) is 32.6 Å². The number of hydrogen-bond acceptors (Lipinski definition) is 4. The Hall–Kier alpha value is -1.85. The summed E-state index contributed by atoms with van der Waals surface area (Å²) in [5.74, 6) is 1.70. The van der Waals surface area contributed by atoms with E-state index >= 15 is 0 Å². The molecule has 3 rings (SSSR count). The van der Waals surface area contributed by atoms with Crippen LogP contribution in [-0.2, 0) is 4.79 Å². The number of nitrogens with one attached hydrogen (secondary N) is 2. The van der Waals surface area contributed by atoms with Crippen molar-refractivity contribution in [2.45, 2.75) is 44.6 Å². The molecule has 0 aromatic carbocycles. The van der Waals surface area contributed by atoms with Crippen molar-refractivity contribution in [1.82, 2.24) is 14.9 Å². The maximum atomic E-state index is 12.2. The first kappa shape index (κ1) is 13.1. The van der Waals surface area contributed by atoms with Gasteiger partial charge in [-0.2, -0.15) is 0 Å². The summed E-state index contributed by atoms with van der Waals surface area (Å²) in [6.07, 6.45) is 4.31. The van der Waals surface area contributed by atoms with Crippen LogP contribution in [0.5, 0.6) is 0 Å². The zero-order chi connectivity index (χ0) is 14.1. The molecule has 20 heavy (non-hydrogen) atoms. The Labute approximate surface area is 117 Å². The van der Waals surface area contributed by atoms with Crippen LogP contribution < -0.4 is 10.9 Å². The summed E-state index contributed by atoms with van der Waals surface area (Å²) in [6.45, 7) is 3.49. The third kappa shape index (κ3) is 2.84. The summed E-state index contributed by atoms with van der Waals surface area (Å²) in [5.41, 5.74) is -0.162. The fraction of sp³-hybridized carbons (Fsp3) is 0.643. The minimum absolute atomic E-state index is 0.0811. The molecule has 0 spiro atoms. The first-order valence-electron chi connectivity index (χ1n) is 7.30. The molecule has 1 unspecified atom stereocenters. The topological polar surface area (TPSA) is 78.1 Å². The molecule has 6 heteroatoms. The van der Waals surface area contributed by atoms with E-state index in [-0.39, 0.29) is 17.5 Å².